The number of hydrogen-bond donors (Lipinski definition) is 4. The Morgan fingerprint density at radius 1 is 1.69 bits per heavy atom. The molecule has 76 valence electrons. The van der Waals surface area contributed by atoms with Gasteiger partial charge in [-0.3, -0.25) is 4.79 Å². The van der Waals surface area contributed by atoms with Crippen LogP contribution in [0.2, 0.25) is 0 Å². The molecule has 0 aliphatic carbocycles. The van der Waals surface area contributed by atoms with E-state index in [1.54, 1.807) is 0 Å². The first-order valence-electron chi connectivity index (χ1n) is 4.54. The summed E-state index contributed by atoms with van der Waals surface area (Å²) in [6.07, 6.45) is 1.01. The molecule has 1 unspecified atom stereocenters. The van der Waals surface area contributed by atoms with Gasteiger partial charge in [0.05, 0.1) is 18.8 Å². The fourth-order valence-corrected chi connectivity index (χ4v) is 1.31. The Hall–Kier alpha value is -0.650. The zero-order valence-corrected chi connectivity index (χ0v) is 7.49. The van der Waals surface area contributed by atoms with Crippen LogP contribution < -0.4 is 10.6 Å². The van der Waals surface area contributed by atoms with Gasteiger partial charge in [0, 0.05) is 6.54 Å². The number of nitrogens with one attached hydrogen (secondary N) is 2. The minimum atomic E-state index is -0.856. The first-order valence-corrected chi connectivity index (χ1v) is 4.54. The molecule has 0 aromatic heterocycles. The summed E-state index contributed by atoms with van der Waals surface area (Å²) in [4.78, 5) is 11.3. The topological polar surface area (TPSA) is 81.6 Å². The minimum absolute atomic E-state index is 0.0926. The van der Waals surface area contributed by atoms with Crippen molar-refractivity contribution in [2.45, 2.75) is 25.0 Å². The molecule has 0 bridgehead atoms. The molecular weight excluding hydrogens is 172 g/mol. The Labute approximate surface area is 77.1 Å². The third kappa shape index (κ3) is 3.30. The SMILES string of the molecule is O=C(NCC(O)CO)[C@@H]1CCCN1. The van der Waals surface area contributed by atoms with Gasteiger partial charge in [0.2, 0.25) is 5.91 Å². The molecule has 2 atom stereocenters. The lowest BCUT2D eigenvalue weighted by molar-refractivity contribution is -0.123. The van der Waals surface area contributed by atoms with E-state index < -0.39 is 6.10 Å². The zero-order chi connectivity index (χ0) is 9.68. The van der Waals surface area contributed by atoms with Crippen LogP contribution in [-0.2, 0) is 4.79 Å². The second kappa shape index (κ2) is 5.16. The van der Waals surface area contributed by atoms with E-state index in [1.807, 2.05) is 0 Å². The summed E-state index contributed by atoms with van der Waals surface area (Å²) < 4.78 is 0. The van der Waals surface area contributed by atoms with Crippen molar-refractivity contribution in [2.24, 2.45) is 0 Å². The van der Waals surface area contributed by atoms with Crippen LogP contribution in [0.15, 0.2) is 0 Å². The van der Waals surface area contributed by atoms with Crippen LogP contribution in [0.4, 0.5) is 0 Å². The molecule has 0 aromatic carbocycles. The summed E-state index contributed by atoms with van der Waals surface area (Å²) in [7, 11) is 0. The van der Waals surface area contributed by atoms with E-state index in [-0.39, 0.29) is 25.1 Å². The van der Waals surface area contributed by atoms with E-state index in [4.69, 9.17) is 10.2 Å². The second-order valence-electron chi connectivity index (χ2n) is 3.23. The van der Waals surface area contributed by atoms with Gasteiger partial charge in [0.15, 0.2) is 0 Å². The van der Waals surface area contributed by atoms with Crippen LogP contribution in [0.3, 0.4) is 0 Å². The highest BCUT2D eigenvalue weighted by molar-refractivity contribution is 5.81. The molecule has 0 aromatic rings. The van der Waals surface area contributed by atoms with Crippen LogP contribution in [0, 0.1) is 0 Å². The molecule has 1 amide bonds. The van der Waals surface area contributed by atoms with Crippen LogP contribution >= 0.6 is 0 Å². The largest absolute Gasteiger partial charge is 0.394 e. The van der Waals surface area contributed by atoms with Crippen molar-refractivity contribution in [1.82, 2.24) is 10.6 Å². The number of carbonyl (C=O) groups is 1. The normalized spacial score (nSPS) is 24.3. The van der Waals surface area contributed by atoms with Crippen LogP contribution in [0.5, 0.6) is 0 Å². The lowest BCUT2D eigenvalue weighted by Crippen LogP contribution is -2.43. The lowest BCUT2D eigenvalue weighted by Gasteiger charge is -2.12. The molecule has 1 aliphatic heterocycles. The zero-order valence-electron chi connectivity index (χ0n) is 7.49. The molecule has 1 aliphatic rings. The Kier molecular flexibility index (Phi) is 4.14. The quantitative estimate of drug-likeness (QED) is 0.420. The summed E-state index contributed by atoms with van der Waals surface area (Å²) >= 11 is 0. The van der Waals surface area contributed by atoms with Crippen molar-refractivity contribution in [3.8, 4) is 0 Å². The number of aliphatic hydroxyl groups is 2. The van der Waals surface area contributed by atoms with Crippen molar-refractivity contribution in [3.63, 3.8) is 0 Å². The molecule has 5 heteroatoms. The fraction of sp³-hybridized carbons (Fsp3) is 0.875. The van der Waals surface area contributed by atoms with Gasteiger partial charge in [-0.25, -0.2) is 0 Å². The monoisotopic (exact) mass is 188 g/mol. The average molecular weight is 188 g/mol. The standard InChI is InChI=1S/C8H16N2O3/c11-5-6(12)4-10-8(13)7-2-1-3-9-7/h6-7,9,11-12H,1-5H2,(H,10,13)/t6?,7-/m0/s1. The predicted molar refractivity (Wildman–Crippen MR) is 47.1 cm³/mol. The molecule has 1 heterocycles. The molecule has 0 spiro atoms. The summed E-state index contributed by atoms with van der Waals surface area (Å²) in [6.45, 7) is 0.673. The number of amides is 1. The first kappa shape index (κ1) is 10.4. The van der Waals surface area contributed by atoms with E-state index in [2.05, 4.69) is 10.6 Å². The predicted octanol–water partition coefficient (Wildman–Crippen LogP) is -1.79. The highest BCUT2D eigenvalue weighted by Gasteiger charge is 2.21. The van der Waals surface area contributed by atoms with Gasteiger partial charge in [0.25, 0.3) is 0 Å². The van der Waals surface area contributed by atoms with Crippen molar-refractivity contribution < 1.29 is 15.0 Å². The van der Waals surface area contributed by atoms with E-state index in [0.717, 1.165) is 19.4 Å². The van der Waals surface area contributed by atoms with Gasteiger partial charge < -0.3 is 20.8 Å². The molecule has 13 heavy (non-hydrogen) atoms. The second-order valence-corrected chi connectivity index (χ2v) is 3.23. The molecule has 1 saturated heterocycles. The lowest BCUT2D eigenvalue weighted by atomic mass is 10.2. The summed E-state index contributed by atoms with van der Waals surface area (Å²) in [5.74, 6) is -0.0926. The average Bonchev–Trinajstić information content (AvgIpc) is 2.66. The first-order chi connectivity index (χ1) is 6.24. The molecular formula is C8H16N2O3. The minimum Gasteiger partial charge on any atom is -0.394 e. The maximum atomic E-state index is 11.3. The smallest absolute Gasteiger partial charge is 0.237 e. The summed E-state index contributed by atoms with van der Waals surface area (Å²) in [5.41, 5.74) is 0. The third-order valence-electron chi connectivity index (χ3n) is 2.10. The number of rotatable bonds is 4. The van der Waals surface area contributed by atoms with Gasteiger partial charge in [-0.15, -0.1) is 0 Å². The van der Waals surface area contributed by atoms with Gasteiger partial charge in [-0.05, 0) is 19.4 Å². The van der Waals surface area contributed by atoms with Crippen molar-refractivity contribution in [2.75, 3.05) is 19.7 Å². The Morgan fingerprint density at radius 2 is 2.46 bits per heavy atom. The van der Waals surface area contributed by atoms with Gasteiger partial charge in [-0.2, -0.15) is 0 Å². The van der Waals surface area contributed by atoms with Crippen molar-refractivity contribution in [1.29, 1.82) is 0 Å². The van der Waals surface area contributed by atoms with Crippen molar-refractivity contribution in [3.05, 3.63) is 0 Å². The third-order valence-corrected chi connectivity index (χ3v) is 2.10. The molecule has 1 fully saturated rings. The molecule has 5 nitrogen and oxygen atoms in total. The van der Waals surface area contributed by atoms with E-state index in [9.17, 15) is 4.79 Å². The Bertz CT molecular complexity index is 169. The summed E-state index contributed by atoms with van der Waals surface area (Å²) in [6, 6.07) is -0.120. The van der Waals surface area contributed by atoms with Gasteiger partial charge in [0.1, 0.15) is 0 Å². The molecule has 0 saturated carbocycles. The van der Waals surface area contributed by atoms with Crippen LogP contribution in [0.25, 0.3) is 0 Å². The highest BCUT2D eigenvalue weighted by atomic mass is 16.3. The van der Waals surface area contributed by atoms with Crippen molar-refractivity contribution >= 4 is 5.91 Å². The summed E-state index contributed by atoms with van der Waals surface area (Å²) in [5, 5.41) is 23.1. The fourth-order valence-electron chi connectivity index (χ4n) is 1.31. The Balaban J connectivity index is 2.16. The van der Waals surface area contributed by atoms with Gasteiger partial charge in [-0.1, -0.05) is 0 Å². The Morgan fingerprint density at radius 3 is 3.00 bits per heavy atom. The maximum Gasteiger partial charge on any atom is 0.237 e. The van der Waals surface area contributed by atoms with Crippen LogP contribution in [0.1, 0.15) is 12.8 Å². The van der Waals surface area contributed by atoms with Crippen LogP contribution in [-0.4, -0.2) is 48.0 Å². The number of aliphatic hydroxyl groups excluding tert-OH is 2. The van der Waals surface area contributed by atoms with Gasteiger partial charge >= 0.3 is 0 Å². The van der Waals surface area contributed by atoms with E-state index >= 15 is 0 Å². The maximum absolute atomic E-state index is 11.3. The molecule has 4 N–H and O–H groups in total. The number of hydrogen-bond acceptors (Lipinski definition) is 4. The molecule has 0 radical (unpaired) electrons. The number of carbonyl (C=O) groups excluding carboxylic acids is 1. The van der Waals surface area contributed by atoms with E-state index in [1.165, 1.54) is 0 Å². The molecule has 1 rings (SSSR count). The highest BCUT2D eigenvalue weighted by Crippen LogP contribution is 2.04. The van der Waals surface area contributed by atoms with E-state index in [0.29, 0.717) is 0 Å².